The number of alkyl halides is 3. The van der Waals surface area contributed by atoms with Crippen molar-refractivity contribution >= 4 is 5.97 Å². The van der Waals surface area contributed by atoms with Crippen molar-refractivity contribution in [3.8, 4) is 0 Å². The third kappa shape index (κ3) is 4.81. The summed E-state index contributed by atoms with van der Waals surface area (Å²) in [4.78, 5) is 23.1. The fourth-order valence-corrected chi connectivity index (χ4v) is 1.67. The minimum Gasteiger partial charge on any atom is -0.360 e. The van der Waals surface area contributed by atoms with Crippen LogP contribution in [0.15, 0.2) is 49.1 Å². The van der Waals surface area contributed by atoms with Gasteiger partial charge in [-0.1, -0.05) is 0 Å². The lowest BCUT2D eigenvalue weighted by molar-refractivity contribution is -0.243. The van der Waals surface area contributed by atoms with Crippen LogP contribution in [0.25, 0.3) is 0 Å². The Morgan fingerprint density at radius 3 is 1.73 bits per heavy atom. The summed E-state index contributed by atoms with van der Waals surface area (Å²) in [6, 6.07) is 6.50. The van der Waals surface area contributed by atoms with Crippen LogP contribution in [-0.2, 0) is 22.7 Å². The van der Waals surface area contributed by atoms with Crippen molar-refractivity contribution in [2.24, 2.45) is 0 Å². The number of carbonyl (C=O) groups is 1. The van der Waals surface area contributed by atoms with E-state index < -0.39 is 12.1 Å². The van der Waals surface area contributed by atoms with Gasteiger partial charge in [-0.3, -0.25) is 9.97 Å². The molecule has 0 saturated heterocycles. The molecular weight excluding hydrogens is 299 g/mol. The van der Waals surface area contributed by atoms with Gasteiger partial charge in [0.25, 0.3) is 0 Å². The molecule has 0 bridgehead atoms. The van der Waals surface area contributed by atoms with Crippen molar-refractivity contribution in [2.45, 2.75) is 19.3 Å². The molecule has 0 aliphatic heterocycles. The number of hydrogen-bond acceptors (Lipinski definition) is 5. The summed E-state index contributed by atoms with van der Waals surface area (Å²) in [6.07, 6.45) is 0.975. The number of carbonyl (C=O) groups excluding carboxylic acids is 1. The van der Waals surface area contributed by atoms with Gasteiger partial charge < -0.3 is 4.84 Å². The number of pyridine rings is 2. The highest BCUT2D eigenvalue weighted by Gasteiger charge is 2.42. The Kier molecular flexibility index (Phi) is 5.05. The minimum atomic E-state index is -5.05. The highest BCUT2D eigenvalue weighted by atomic mass is 19.4. The van der Waals surface area contributed by atoms with E-state index >= 15 is 0 Å². The summed E-state index contributed by atoms with van der Waals surface area (Å²) in [6.45, 7) is 0.0132. The van der Waals surface area contributed by atoms with Gasteiger partial charge in [0, 0.05) is 24.8 Å². The maximum atomic E-state index is 12.4. The number of halogens is 3. The molecule has 0 spiro atoms. The molecule has 2 rings (SSSR count). The van der Waals surface area contributed by atoms with Crippen molar-refractivity contribution in [3.05, 3.63) is 60.2 Å². The third-order valence-corrected chi connectivity index (χ3v) is 2.66. The fourth-order valence-electron chi connectivity index (χ4n) is 1.67. The van der Waals surface area contributed by atoms with Crippen LogP contribution in [0.2, 0.25) is 0 Å². The second-order valence-electron chi connectivity index (χ2n) is 4.39. The summed E-state index contributed by atoms with van der Waals surface area (Å²) < 4.78 is 37.1. The largest absolute Gasteiger partial charge is 0.492 e. The molecule has 2 aromatic rings. The van der Waals surface area contributed by atoms with Gasteiger partial charge in [0.1, 0.15) is 0 Å². The van der Waals surface area contributed by atoms with E-state index in [0.717, 1.165) is 5.06 Å². The van der Waals surface area contributed by atoms with Crippen molar-refractivity contribution in [1.29, 1.82) is 0 Å². The van der Waals surface area contributed by atoms with E-state index in [2.05, 4.69) is 14.8 Å². The Labute approximate surface area is 124 Å². The van der Waals surface area contributed by atoms with E-state index in [1.54, 1.807) is 24.3 Å². The smallest absolute Gasteiger partial charge is 0.360 e. The first-order chi connectivity index (χ1) is 10.4. The van der Waals surface area contributed by atoms with Gasteiger partial charge in [0.15, 0.2) is 0 Å². The molecule has 22 heavy (non-hydrogen) atoms. The summed E-state index contributed by atoms with van der Waals surface area (Å²) in [5.74, 6) is -2.25. The molecule has 0 aliphatic carbocycles. The molecule has 0 amide bonds. The van der Waals surface area contributed by atoms with E-state index in [-0.39, 0.29) is 13.1 Å². The van der Waals surface area contributed by atoms with Crippen molar-refractivity contribution < 1.29 is 22.8 Å². The van der Waals surface area contributed by atoms with Gasteiger partial charge in [-0.05, 0) is 35.4 Å². The maximum Gasteiger partial charge on any atom is 0.492 e. The quantitative estimate of drug-likeness (QED) is 0.794. The van der Waals surface area contributed by atoms with Gasteiger partial charge in [-0.2, -0.15) is 13.2 Å². The molecule has 2 heterocycles. The molecule has 2 aromatic heterocycles. The average molecular weight is 311 g/mol. The van der Waals surface area contributed by atoms with Crippen molar-refractivity contribution in [1.82, 2.24) is 15.0 Å². The lowest BCUT2D eigenvalue weighted by Gasteiger charge is -2.21. The van der Waals surface area contributed by atoms with Crippen LogP contribution in [0.5, 0.6) is 0 Å². The lowest BCUT2D eigenvalue weighted by Crippen LogP contribution is -2.34. The molecule has 0 aromatic carbocycles. The first kappa shape index (κ1) is 15.9. The zero-order chi connectivity index (χ0) is 16.0. The fraction of sp³-hybridized carbons (Fsp3) is 0.214. The predicted molar refractivity (Wildman–Crippen MR) is 69.9 cm³/mol. The summed E-state index contributed by atoms with van der Waals surface area (Å²) in [5, 5.41) is 0.945. The molecule has 116 valence electrons. The molecule has 0 fully saturated rings. The van der Waals surface area contributed by atoms with Crippen molar-refractivity contribution in [2.75, 3.05) is 0 Å². The topological polar surface area (TPSA) is 55.3 Å². The van der Waals surface area contributed by atoms with Gasteiger partial charge >= 0.3 is 12.1 Å². The van der Waals surface area contributed by atoms with E-state index in [0.29, 0.717) is 11.1 Å². The standard InChI is InChI=1S/C14H12F3N3O2/c15-14(16,17)13(21)22-20(9-11-1-5-18-6-2-11)10-12-3-7-19-8-4-12/h1-8H,9-10H2. The summed E-state index contributed by atoms with van der Waals surface area (Å²) in [5.41, 5.74) is 1.33. The van der Waals surface area contributed by atoms with E-state index in [1.165, 1.54) is 24.8 Å². The number of hydrogen-bond donors (Lipinski definition) is 0. The highest BCUT2D eigenvalue weighted by molar-refractivity contribution is 5.75. The Hall–Kier alpha value is -2.48. The Morgan fingerprint density at radius 2 is 1.36 bits per heavy atom. The molecular formula is C14H12F3N3O2. The van der Waals surface area contributed by atoms with Crippen LogP contribution < -0.4 is 0 Å². The molecule has 0 saturated carbocycles. The molecule has 5 nitrogen and oxygen atoms in total. The highest BCUT2D eigenvalue weighted by Crippen LogP contribution is 2.19. The van der Waals surface area contributed by atoms with Gasteiger partial charge in [0.2, 0.25) is 0 Å². The Balaban J connectivity index is 2.11. The molecule has 0 radical (unpaired) electrons. The second kappa shape index (κ2) is 6.99. The molecule has 0 atom stereocenters. The first-order valence-electron chi connectivity index (χ1n) is 6.27. The molecule has 8 heteroatoms. The summed E-state index contributed by atoms with van der Waals surface area (Å²) in [7, 11) is 0. The molecule has 0 N–H and O–H groups in total. The molecule has 0 aliphatic rings. The average Bonchev–Trinajstić information content (AvgIpc) is 2.48. The summed E-state index contributed by atoms with van der Waals surface area (Å²) >= 11 is 0. The van der Waals surface area contributed by atoms with Crippen LogP contribution in [0.3, 0.4) is 0 Å². The van der Waals surface area contributed by atoms with Gasteiger partial charge in [0.05, 0.1) is 13.1 Å². The monoisotopic (exact) mass is 311 g/mol. The maximum absolute atomic E-state index is 12.4. The first-order valence-corrected chi connectivity index (χ1v) is 6.27. The van der Waals surface area contributed by atoms with E-state index in [4.69, 9.17) is 0 Å². The van der Waals surface area contributed by atoms with E-state index in [9.17, 15) is 18.0 Å². The zero-order valence-electron chi connectivity index (χ0n) is 11.3. The Morgan fingerprint density at radius 1 is 0.955 bits per heavy atom. The van der Waals surface area contributed by atoms with E-state index in [1.807, 2.05) is 0 Å². The second-order valence-corrected chi connectivity index (χ2v) is 4.39. The van der Waals surface area contributed by atoms with Gasteiger partial charge in [-0.25, -0.2) is 4.79 Å². The van der Waals surface area contributed by atoms with Crippen molar-refractivity contribution in [3.63, 3.8) is 0 Å². The van der Waals surface area contributed by atoms with Crippen LogP contribution in [0.4, 0.5) is 13.2 Å². The third-order valence-electron chi connectivity index (χ3n) is 2.66. The predicted octanol–water partition coefficient (Wildman–Crippen LogP) is 2.50. The van der Waals surface area contributed by atoms with Gasteiger partial charge in [-0.15, -0.1) is 5.06 Å². The molecule has 0 unspecified atom stereocenters. The number of aromatic nitrogens is 2. The number of rotatable bonds is 5. The van der Waals surface area contributed by atoms with Crippen LogP contribution in [0, 0.1) is 0 Å². The van der Waals surface area contributed by atoms with Crippen LogP contribution in [-0.4, -0.2) is 27.2 Å². The zero-order valence-corrected chi connectivity index (χ0v) is 11.3. The van der Waals surface area contributed by atoms with Crippen LogP contribution in [0.1, 0.15) is 11.1 Å². The minimum absolute atomic E-state index is 0.00661. The number of hydroxylamine groups is 2. The number of nitrogens with zero attached hydrogens (tertiary/aromatic N) is 3. The Bertz CT molecular complexity index is 564. The lowest BCUT2D eigenvalue weighted by atomic mass is 10.2. The van der Waals surface area contributed by atoms with Crippen LogP contribution >= 0.6 is 0 Å². The normalized spacial score (nSPS) is 11.5. The SMILES string of the molecule is O=C(ON(Cc1ccncc1)Cc1ccncc1)C(F)(F)F.